The van der Waals surface area contributed by atoms with Gasteiger partial charge in [-0.25, -0.2) is 14.5 Å². The van der Waals surface area contributed by atoms with E-state index in [1.54, 1.807) is 24.4 Å². The van der Waals surface area contributed by atoms with Crippen molar-refractivity contribution < 1.29 is 4.74 Å². The number of nitrogens with two attached hydrogens (primary N) is 1. The molecule has 0 fully saturated rings. The van der Waals surface area contributed by atoms with Crippen molar-refractivity contribution in [2.45, 2.75) is 0 Å². The first kappa shape index (κ1) is 17.1. The van der Waals surface area contributed by atoms with E-state index in [0.717, 1.165) is 11.1 Å². The number of pyridine rings is 1. The van der Waals surface area contributed by atoms with E-state index < -0.39 is 0 Å². The third kappa shape index (κ3) is 3.00. The fraction of sp³-hybridized carbons (Fsp3) is 0.0500. The molecular formula is C20H15ClN4O2. The summed E-state index contributed by atoms with van der Waals surface area (Å²) in [6.07, 6.45) is 1.65. The fourth-order valence-corrected chi connectivity index (χ4v) is 3.19. The number of para-hydroxylation sites is 1. The maximum absolute atomic E-state index is 13.1. The number of ether oxygens (including phenoxy) is 1. The highest BCUT2D eigenvalue weighted by atomic mass is 35.5. The molecule has 0 unspecified atom stereocenters. The minimum Gasteiger partial charge on any atom is -0.480 e. The molecule has 0 saturated heterocycles. The van der Waals surface area contributed by atoms with Crippen molar-refractivity contribution in [3.8, 4) is 22.7 Å². The van der Waals surface area contributed by atoms with Crippen LogP contribution in [0.1, 0.15) is 0 Å². The van der Waals surface area contributed by atoms with Crippen LogP contribution in [-0.2, 0) is 0 Å². The standard InChI is InChI=1S/C20H15ClN4O2/c1-27-18-16(21)10-13(11-23-18)12-7-8-17-15(9-12)19(26)25(20(22)24-17)14-5-3-2-4-6-14/h2-11H,1H3,(H2,22,24). The van der Waals surface area contributed by atoms with Crippen molar-refractivity contribution in [2.24, 2.45) is 0 Å². The number of aromatic nitrogens is 3. The number of hydrogen-bond donors (Lipinski definition) is 1. The van der Waals surface area contributed by atoms with E-state index in [0.29, 0.717) is 27.5 Å². The Morgan fingerprint density at radius 2 is 1.85 bits per heavy atom. The van der Waals surface area contributed by atoms with Crippen molar-refractivity contribution in [3.63, 3.8) is 0 Å². The van der Waals surface area contributed by atoms with Crippen LogP contribution < -0.4 is 16.0 Å². The minimum absolute atomic E-state index is 0.139. The Labute approximate surface area is 159 Å². The van der Waals surface area contributed by atoms with E-state index in [1.165, 1.54) is 11.7 Å². The molecule has 0 radical (unpaired) electrons. The third-order valence-electron chi connectivity index (χ3n) is 4.24. The normalized spacial score (nSPS) is 10.9. The SMILES string of the molecule is COc1ncc(-c2ccc3nc(N)n(-c4ccccc4)c(=O)c3c2)cc1Cl. The minimum atomic E-state index is -0.238. The number of methoxy groups -OCH3 is 1. The molecule has 0 aliphatic rings. The van der Waals surface area contributed by atoms with Crippen molar-refractivity contribution in [1.82, 2.24) is 14.5 Å². The molecular weight excluding hydrogens is 364 g/mol. The quantitative estimate of drug-likeness (QED) is 0.587. The number of halogens is 1. The molecule has 7 heteroatoms. The van der Waals surface area contributed by atoms with Gasteiger partial charge in [0.15, 0.2) is 0 Å². The molecule has 4 aromatic rings. The number of anilines is 1. The molecule has 134 valence electrons. The molecule has 0 atom stereocenters. The number of benzene rings is 2. The van der Waals surface area contributed by atoms with Gasteiger partial charge in [-0.2, -0.15) is 0 Å². The Bertz CT molecular complexity index is 1210. The molecule has 0 aliphatic heterocycles. The Morgan fingerprint density at radius 3 is 2.56 bits per heavy atom. The molecule has 0 bridgehead atoms. The lowest BCUT2D eigenvalue weighted by Crippen LogP contribution is -2.23. The van der Waals surface area contributed by atoms with E-state index in [2.05, 4.69) is 9.97 Å². The highest BCUT2D eigenvalue weighted by molar-refractivity contribution is 6.32. The van der Waals surface area contributed by atoms with E-state index >= 15 is 0 Å². The van der Waals surface area contributed by atoms with Gasteiger partial charge in [-0.15, -0.1) is 0 Å². The van der Waals surface area contributed by atoms with Gasteiger partial charge in [-0.05, 0) is 35.9 Å². The molecule has 6 nitrogen and oxygen atoms in total. The zero-order chi connectivity index (χ0) is 19.0. The second-order valence-corrected chi connectivity index (χ2v) is 6.30. The van der Waals surface area contributed by atoms with Gasteiger partial charge in [0.05, 0.1) is 23.7 Å². The molecule has 0 saturated carbocycles. The first-order chi connectivity index (χ1) is 13.1. The molecule has 0 spiro atoms. The van der Waals surface area contributed by atoms with E-state index in [1.807, 2.05) is 36.4 Å². The molecule has 0 amide bonds. The maximum Gasteiger partial charge on any atom is 0.267 e. The smallest absolute Gasteiger partial charge is 0.267 e. The number of nitrogen functional groups attached to an aromatic ring is 1. The van der Waals surface area contributed by atoms with Crippen LogP contribution >= 0.6 is 11.6 Å². The zero-order valence-electron chi connectivity index (χ0n) is 14.4. The average molecular weight is 379 g/mol. The first-order valence-corrected chi connectivity index (χ1v) is 8.54. The van der Waals surface area contributed by atoms with Gasteiger partial charge >= 0.3 is 0 Å². The first-order valence-electron chi connectivity index (χ1n) is 8.16. The highest BCUT2D eigenvalue weighted by Gasteiger charge is 2.12. The van der Waals surface area contributed by atoms with Crippen molar-refractivity contribution in [3.05, 3.63) is 76.2 Å². The van der Waals surface area contributed by atoms with Crippen molar-refractivity contribution in [2.75, 3.05) is 12.8 Å². The Kier molecular flexibility index (Phi) is 4.25. The van der Waals surface area contributed by atoms with Crippen LogP contribution in [0, 0.1) is 0 Å². The van der Waals surface area contributed by atoms with E-state index in [-0.39, 0.29) is 11.5 Å². The lowest BCUT2D eigenvalue weighted by atomic mass is 10.1. The zero-order valence-corrected chi connectivity index (χ0v) is 15.1. The van der Waals surface area contributed by atoms with Crippen LogP contribution in [0.3, 0.4) is 0 Å². The molecule has 2 heterocycles. The van der Waals surface area contributed by atoms with Crippen LogP contribution in [0.15, 0.2) is 65.6 Å². The average Bonchev–Trinajstić information content (AvgIpc) is 2.68. The lowest BCUT2D eigenvalue weighted by Gasteiger charge is -2.11. The number of nitrogens with zero attached hydrogens (tertiary/aromatic N) is 3. The molecule has 2 aromatic carbocycles. The largest absolute Gasteiger partial charge is 0.480 e. The number of rotatable bonds is 3. The second kappa shape index (κ2) is 6.74. The number of hydrogen-bond acceptors (Lipinski definition) is 5. The summed E-state index contributed by atoms with van der Waals surface area (Å²) in [5, 5.41) is 0.852. The summed E-state index contributed by atoms with van der Waals surface area (Å²) in [7, 11) is 1.51. The van der Waals surface area contributed by atoms with Gasteiger partial charge in [0.1, 0.15) is 5.02 Å². The molecule has 4 rings (SSSR count). The summed E-state index contributed by atoms with van der Waals surface area (Å²) in [6.45, 7) is 0. The lowest BCUT2D eigenvalue weighted by molar-refractivity contribution is 0.398. The monoisotopic (exact) mass is 378 g/mol. The molecule has 2 N–H and O–H groups in total. The Balaban J connectivity index is 1.92. The molecule has 2 aromatic heterocycles. The summed E-state index contributed by atoms with van der Waals surface area (Å²) in [6, 6.07) is 16.3. The highest BCUT2D eigenvalue weighted by Crippen LogP contribution is 2.29. The number of fused-ring (bicyclic) bond motifs is 1. The molecule has 27 heavy (non-hydrogen) atoms. The van der Waals surface area contributed by atoms with Gasteiger partial charge < -0.3 is 10.5 Å². The van der Waals surface area contributed by atoms with Gasteiger partial charge in [0, 0.05) is 11.8 Å². The van der Waals surface area contributed by atoms with Gasteiger partial charge in [0.2, 0.25) is 11.8 Å². The maximum atomic E-state index is 13.1. The Morgan fingerprint density at radius 1 is 1.07 bits per heavy atom. The third-order valence-corrected chi connectivity index (χ3v) is 4.51. The predicted octanol–water partition coefficient (Wildman–Crippen LogP) is 3.69. The summed E-state index contributed by atoms with van der Waals surface area (Å²) < 4.78 is 6.48. The van der Waals surface area contributed by atoms with Crippen LogP contribution in [0.2, 0.25) is 5.02 Å². The van der Waals surface area contributed by atoms with E-state index in [4.69, 9.17) is 22.1 Å². The summed E-state index contributed by atoms with van der Waals surface area (Å²) in [4.78, 5) is 21.6. The van der Waals surface area contributed by atoms with Crippen LogP contribution in [0.4, 0.5) is 5.95 Å². The van der Waals surface area contributed by atoms with Gasteiger partial charge in [-0.3, -0.25) is 4.79 Å². The van der Waals surface area contributed by atoms with Crippen LogP contribution in [-0.4, -0.2) is 21.6 Å². The van der Waals surface area contributed by atoms with Gasteiger partial charge in [-0.1, -0.05) is 35.9 Å². The summed E-state index contributed by atoms with van der Waals surface area (Å²) in [5.41, 5.74) is 8.55. The summed E-state index contributed by atoms with van der Waals surface area (Å²) in [5.74, 6) is 0.489. The second-order valence-electron chi connectivity index (χ2n) is 5.89. The van der Waals surface area contributed by atoms with E-state index in [9.17, 15) is 4.79 Å². The van der Waals surface area contributed by atoms with Crippen molar-refractivity contribution >= 4 is 28.5 Å². The van der Waals surface area contributed by atoms with Crippen molar-refractivity contribution in [1.29, 1.82) is 0 Å². The van der Waals surface area contributed by atoms with Crippen LogP contribution in [0.25, 0.3) is 27.7 Å². The predicted molar refractivity (Wildman–Crippen MR) is 107 cm³/mol. The van der Waals surface area contributed by atoms with Crippen LogP contribution in [0.5, 0.6) is 5.88 Å². The summed E-state index contributed by atoms with van der Waals surface area (Å²) >= 11 is 6.17. The topological polar surface area (TPSA) is 83.0 Å². The molecule has 0 aliphatic carbocycles. The fourth-order valence-electron chi connectivity index (χ4n) is 2.94. The van der Waals surface area contributed by atoms with Gasteiger partial charge in [0.25, 0.3) is 5.56 Å². The Hall–Kier alpha value is -3.38.